The van der Waals surface area contributed by atoms with E-state index in [4.69, 9.17) is 16.6 Å². The van der Waals surface area contributed by atoms with Gasteiger partial charge in [-0.1, -0.05) is 11.6 Å². The summed E-state index contributed by atoms with van der Waals surface area (Å²) in [6.07, 6.45) is -0.416. The summed E-state index contributed by atoms with van der Waals surface area (Å²) < 4.78 is 38.5. The van der Waals surface area contributed by atoms with Crippen molar-refractivity contribution in [1.29, 1.82) is 0 Å². The standard InChI is InChI=1S/C19H28ClF3N6/c1-3-24-18(26-11-15-5-4-7-28(15)2)27-14-6-8-29(12-14)17-16(20)9-13(10-25-17)19(21,22)23/h9-10,14-15H,3-8,11-12H2,1-2H3,(H2,24,26,27). The van der Waals surface area contributed by atoms with Gasteiger partial charge in [-0.05, 0) is 45.8 Å². The molecule has 0 radical (unpaired) electrons. The minimum absolute atomic E-state index is 0.0188. The first-order valence-electron chi connectivity index (χ1n) is 10.0. The molecule has 2 atom stereocenters. The van der Waals surface area contributed by atoms with E-state index in [0.717, 1.165) is 50.7 Å². The minimum atomic E-state index is -4.45. The van der Waals surface area contributed by atoms with Crippen molar-refractivity contribution in [3.05, 3.63) is 22.8 Å². The van der Waals surface area contributed by atoms with E-state index in [9.17, 15) is 13.2 Å². The second kappa shape index (κ2) is 9.38. The molecule has 2 aliphatic rings. The molecule has 2 N–H and O–H groups in total. The van der Waals surface area contributed by atoms with Gasteiger partial charge in [-0.2, -0.15) is 13.2 Å². The van der Waals surface area contributed by atoms with Crippen LogP contribution in [0.5, 0.6) is 0 Å². The molecule has 0 spiro atoms. The van der Waals surface area contributed by atoms with E-state index in [2.05, 4.69) is 27.6 Å². The van der Waals surface area contributed by atoms with Crippen LogP contribution in [0.15, 0.2) is 17.3 Å². The summed E-state index contributed by atoms with van der Waals surface area (Å²) in [5.74, 6) is 1.16. The number of nitrogens with zero attached hydrogens (tertiary/aromatic N) is 4. The number of pyridine rings is 1. The molecular weight excluding hydrogens is 405 g/mol. The van der Waals surface area contributed by atoms with E-state index < -0.39 is 11.7 Å². The Morgan fingerprint density at radius 1 is 1.34 bits per heavy atom. The fourth-order valence-corrected chi connectivity index (χ4v) is 4.09. The summed E-state index contributed by atoms with van der Waals surface area (Å²) in [6, 6.07) is 1.53. The fourth-order valence-electron chi connectivity index (χ4n) is 3.81. The van der Waals surface area contributed by atoms with E-state index in [1.807, 2.05) is 11.8 Å². The molecule has 3 rings (SSSR count). The molecule has 6 nitrogen and oxygen atoms in total. The number of anilines is 1. The molecule has 2 unspecified atom stereocenters. The van der Waals surface area contributed by atoms with Gasteiger partial charge in [0.05, 0.1) is 17.1 Å². The Kier molecular flexibility index (Phi) is 7.10. The van der Waals surface area contributed by atoms with Crippen LogP contribution in [-0.4, -0.2) is 67.7 Å². The van der Waals surface area contributed by atoms with Gasteiger partial charge >= 0.3 is 6.18 Å². The summed E-state index contributed by atoms with van der Waals surface area (Å²) in [4.78, 5) is 12.9. The third kappa shape index (κ3) is 5.66. The molecular formula is C19H28ClF3N6. The molecule has 0 aromatic carbocycles. The summed E-state index contributed by atoms with van der Waals surface area (Å²) in [5.41, 5.74) is -0.835. The van der Waals surface area contributed by atoms with Crippen molar-refractivity contribution < 1.29 is 13.2 Å². The van der Waals surface area contributed by atoms with Crippen LogP contribution in [0, 0.1) is 0 Å². The number of likely N-dealkylation sites (tertiary alicyclic amines) is 1. The van der Waals surface area contributed by atoms with Gasteiger partial charge in [0.1, 0.15) is 5.82 Å². The van der Waals surface area contributed by atoms with Crippen LogP contribution in [0.4, 0.5) is 19.0 Å². The van der Waals surface area contributed by atoms with Gasteiger partial charge in [-0.25, -0.2) is 4.98 Å². The van der Waals surface area contributed by atoms with Crippen molar-refractivity contribution in [3.63, 3.8) is 0 Å². The molecule has 2 fully saturated rings. The van der Waals surface area contributed by atoms with Crippen molar-refractivity contribution in [1.82, 2.24) is 20.5 Å². The predicted octanol–water partition coefficient (Wildman–Crippen LogP) is 2.98. The largest absolute Gasteiger partial charge is 0.417 e. The first kappa shape index (κ1) is 22.0. The fraction of sp³-hybridized carbons (Fsp3) is 0.684. The number of hydrogen-bond acceptors (Lipinski definition) is 4. The quantitative estimate of drug-likeness (QED) is 0.553. The lowest BCUT2D eigenvalue weighted by Gasteiger charge is -2.22. The Balaban J connectivity index is 1.60. The van der Waals surface area contributed by atoms with Gasteiger partial charge in [0.2, 0.25) is 0 Å². The summed E-state index contributed by atoms with van der Waals surface area (Å²) in [7, 11) is 2.13. The third-order valence-electron chi connectivity index (χ3n) is 5.45. The zero-order chi connectivity index (χ0) is 21.0. The predicted molar refractivity (Wildman–Crippen MR) is 110 cm³/mol. The maximum absolute atomic E-state index is 12.8. The maximum Gasteiger partial charge on any atom is 0.417 e. The van der Waals surface area contributed by atoms with Crippen molar-refractivity contribution in [2.45, 2.75) is 44.4 Å². The molecule has 1 aromatic heterocycles. The van der Waals surface area contributed by atoms with E-state index in [0.29, 0.717) is 24.9 Å². The van der Waals surface area contributed by atoms with E-state index in [1.165, 1.54) is 6.42 Å². The topological polar surface area (TPSA) is 55.8 Å². The van der Waals surface area contributed by atoms with E-state index >= 15 is 0 Å². The molecule has 29 heavy (non-hydrogen) atoms. The van der Waals surface area contributed by atoms with Gasteiger partial charge in [0.15, 0.2) is 5.96 Å². The van der Waals surface area contributed by atoms with E-state index in [-0.39, 0.29) is 11.1 Å². The second-order valence-electron chi connectivity index (χ2n) is 7.60. The molecule has 2 saturated heterocycles. The third-order valence-corrected chi connectivity index (χ3v) is 5.73. The number of nitrogens with one attached hydrogen (secondary N) is 2. The smallest absolute Gasteiger partial charge is 0.357 e. The highest BCUT2D eigenvalue weighted by atomic mass is 35.5. The van der Waals surface area contributed by atoms with Crippen LogP contribution in [0.25, 0.3) is 0 Å². The first-order chi connectivity index (χ1) is 13.8. The van der Waals surface area contributed by atoms with Gasteiger partial charge in [0, 0.05) is 37.9 Å². The molecule has 3 heterocycles. The summed E-state index contributed by atoms with van der Waals surface area (Å²) in [5, 5.41) is 6.73. The Morgan fingerprint density at radius 3 is 2.76 bits per heavy atom. The number of alkyl halides is 3. The van der Waals surface area contributed by atoms with Gasteiger partial charge < -0.3 is 20.4 Å². The number of halogens is 4. The molecule has 162 valence electrons. The van der Waals surface area contributed by atoms with Gasteiger partial charge in [0.25, 0.3) is 0 Å². The number of likely N-dealkylation sites (N-methyl/N-ethyl adjacent to an activating group) is 1. The molecule has 10 heteroatoms. The van der Waals surface area contributed by atoms with Crippen LogP contribution >= 0.6 is 11.6 Å². The first-order valence-corrected chi connectivity index (χ1v) is 10.4. The highest BCUT2D eigenvalue weighted by Gasteiger charge is 2.33. The highest BCUT2D eigenvalue weighted by Crippen LogP contribution is 2.34. The number of rotatable bonds is 5. The lowest BCUT2D eigenvalue weighted by Crippen LogP contribution is -2.45. The zero-order valence-electron chi connectivity index (χ0n) is 16.8. The number of aromatic nitrogens is 1. The molecule has 0 aliphatic carbocycles. The average Bonchev–Trinajstić information content (AvgIpc) is 3.28. The van der Waals surface area contributed by atoms with Crippen LogP contribution < -0.4 is 15.5 Å². The second-order valence-corrected chi connectivity index (χ2v) is 8.01. The van der Waals surface area contributed by atoms with Crippen LogP contribution in [0.3, 0.4) is 0 Å². The monoisotopic (exact) mass is 432 g/mol. The van der Waals surface area contributed by atoms with Crippen LogP contribution in [-0.2, 0) is 6.18 Å². The maximum atomic E-state index is 12.8. The number of aliphatic imine (C=N–C) groups is 1. The van der Waals surface area contributed by atoms with Crippen molar-refractivity contribution in [3.8, 4) is 0 Å². The summed E-state index contributed by atoms with van der Waals surface area (Å²) >= 11 is 6.09. The SMILES string of the molecule is CCNC(=NCC1CCCN1C)NC1CCN(c2ncc(C(F)(F)F)cc2Cl)C1. The van der Waals surface area contributed by atoms with E-state index in [1.54, 1.807) is 0 Å². The Bertz CT molecular complexity index is 726. The lowest BCUT2D eigenvalue weighted by atomic mass is 10.2. The van der Waals surface area contributed by atoms with Crippen molar-refractivity contribution in [2.75, 3.05) is 44.7 Å². The number of hydrogen-bond donors (Lipinski definition) is 2. The van der Waals surface area contributed by atoms with Crippen molar-refractivity contribution >= 4 is 23.4 Å². The number of guanidine groups is 1. The lowest BCUT2D eigenvalue weighted by molar-refractivity contribution is -0.137. The molecule has 0 amide bonds. The van der Waals surface area contributed by atoms with Crippen LogP contribution in [0.1, 0.15) is 31.7 Å². The average molecular weight is 433 g/mol. The zero-order valence-corrected chi connectivity index (χ0v) is 17.5. The Labute approximate surface area is 174 Å². The Hall–Kier alpha value is -1.74. The van der Waals surface area contributed by atoms with Gasteiger partial charge in [-0.15, -0.1) is 0 Å². The summed E-state index contributed by atoms with van der Waals surface area (Å²) in [6.45, 7) is 5.91. The molecule has 0 bridgehead atoms. The van der Waals surface area contributed by atoms with Crippen LogP contribution in [0.2, 0.25) is 5.02 Å². The molecule has 1 aromatic rings. The Morgan fingerprint density at radius 2 is 2.14 bits per heavy atom. The highest BCUT2D eigenvalue weighted by molar-refractivity contribution is 6.33. The normalized spacial score (nSPS) is 23.7. The van der Waals surface area contributed by atoms with Crippen molar-refractivity contribution in [2.24, 2.45) is 4.99 Å². The molecule has 2 aliphatic heterocycles. The molecule has 0 saturated carbocycles. The minimum Gasteiger partial charge on any atom is -0.357 e. The van der Waals surface area contributed by atoms with Gasteiger partial charge in [-0.3, -0.25) is 4.99 Å².